The van der Waals surface area contributed by atoms with E-state index in [0.717, 1.165) is 12.1 Å². The Morgan fingerprint density at radius 1 is 1.27 bits per heavy atom. The largest absolute Gasteiger partial charge is 0.461 e. The minimum absolute atomic E-state index is 0.0639. The Balaban J connectivity index is 1.68. The lowest BCUT2D eigenvalue weighted by atomic mass is 10.1. The van der Waals surface area contributed by atoms with E-state index in [1.165, 1.54) is 16.9 Å². The fraction of sp³-hybridized carbons (Fsp3) is 0.125. The zero-order valence-electron chi connectivity index (χ0n) is 13.1. The number of hydrogen-bond acceptors (Lipinski definition) is 5. The highest BCUT2D eigenvalue weighted by molar-refractivity contribution is 6.01. The second kappa shape index (κ2) is 6.06. The summed E-state index contributed by atoms with van der Waals surface area (Å²) in [4.78, 5) is 24.6. The Morgan fingerprint density at radius 2 is 2.12 bits per heavy atom. The first-order valence-corrected chi connectivity index (χ1v) is 7.57. The minimum atomic E-state index is -1.09. The lowest BCUT2D eigenvalue weighted by Crippen LogP contribution is -2.35. The molecule has 1 aliphatic heterocycles. The van der Waals surface area contributed by atoms with Gasteiger partial charge in [0.15, 0.2) is 17.4 Å². The van der Waals surface area contributed by atoms with E-state index in [0.29, 0.717) is 5.76 Å². The molecule has 4 rings (SSSR count). The van der Waals surface area contributed by atoms with Gasteiger partial charge in [-0.2, -0.15) is 0 Å². The van der Waals surface area contributed by atoms with Gasteiger partial charge in [-0.15, -0.1) is 10.2 Å². The molecule has 1 atom stereocenters. The van der Waals surface area contributed by atoms with Crippen LogP contribution in [0.5, 0.6) is 0 Å². The van der Waals surface area contributed by atoms with E-state index >= 15 is 0 Å². The Kier molecular flexibility index (Phi) is 3.72. The molecular formula is C16H11F2N5O3. The van der Waals surface area contributed by atoms with Gasteiger partial charge in [0, 0.05) is 11.8 Å². The standard InChI is InChI=1S/C16H11F2N5O3/c17-9-4-3-8(6-10(9)18)19-15(25)11-7-13(24)20-16-22-21-14(23(11)16)12-2-1-5-26-12/h1-6,11H,7H2,(H,19,25)(H,20,22,24). The Labute approximate surface area is 144 Å². The Hall–Kier alpha value is -3.56. The quantitative estimate of drug-likeness (QED) is 0.747. The molecule has 3 heterocycles. The van der Waals surface area contributed by atoms with Crippen LogP contribution in [-0.4, -0.2) is 26.6 Å². The highest BCUT2D eigenvalue weighted by Gasteiger charge is 2.35. The van der Waals surface area contributed by atoms with Gasteiger partial charge in [-0.1, -0.05) is 0 Å². The molecule has 1 aromatic carbocycles. The monoisotopic (exact) mass is 359 g/mol. The third-order valence-electron chi connectivity index (χ3n) is 3.87. The highest BCUT2D eigenvalue weighted by Crippen LogP contribution is 2.31. The van der Waals surface area contributed by atoms with Gasteiger partial charge in [-0.3, -0.25) is 19.5 Å². The molecule has 132 valence electrons. The summed E-state index contributed by atoms with van der Waals surface area (Å²) in [6.07, 6.45) is 1.27. The maximum atomic E-state index is 13.3. The predicted molar refractivity (Wildman–Crippen MR) is 85.0 cm³/mol. The van der Waals surface area contributed by atoms with Gasteiger partial charge in [-0.05, 0) is 24.3 Å². The average molecular weight is 359 g/mol. The van der Waals surface area contributed by atoms with Crippen molar-refractivity contribution in [2.45, 2.75) is 12.5 Å². The number of carbonyl (C=O) groups is 2. The second-order valence-corrected chi connectivity index (χ2v) is 5.58. The van der Waals surface area contributed by atoms with Crippen molar-refractivity contribution in [3.63, 3.8) is 0 Å². The molecule has 0 radical (unpaired) electrons. The van der Waals surface area contributed by atoms with Crippen LogP contribution in [0.25, 0.3) is 11.6 Å². The normalized spacial score (nSPS) is 16.1. The maximum absolute atomic E-state index is 13.3. The smallest absolute Gasteiger partial charge is 0.248 e. The SMILES string of the molecule is O=C1CC(C(=O)Nc2ccc(F)c(F)c2)n2c(nnc2-c2ccco2)N1. The van der Waals surface area contributed by atoms with Gasteiger partial charge < -0.3 is 9.73 Å². The highest BCUT2D eigenvalue weighted by atomic mass is 19.2. The molecule has 8 nitrogen and oxygen atoms in total. The van der Waals surface area contributed by atoms with Crippen molar-refractivity contribution in [1.29, 1.82) is 0 Å². The molecule has 0 fully saturated rings. The van der Waals surface area contributed by atoms with Crippen LogP contribution in [0.2, 0.25) is 0 Å². The van der Waals surface area contributed by atoms with Crippen molar-refractivity contribution in [2.24, 2.45) is 0 Å². The fourth-order valence-electron chi connectivity index (χ4n) is 2.70. The number of halogens is 2. The molecule has 0 spiro atoms. The summed E-state index contributed by atoms with van der Waals surface area (Å²) < 4.78 is 33.1. The van der Waals surface area contributed by atoms with Crippen LogP contribution in [0.15, 0.2) is 41.0 Å². The molecule has 1 aliphatic rings. The number of anilines is 2. The zero-order valence-corrected chi connectivity index (χ0v) is 13.1. The van der Waals surface area contributed by atoms with Gasteiger partial charge in [-0.25, -0.2) is 8.78 Å². The number of benzene rings is 1. The predicted octanol–water partition coefficient (Wildman–Crippen LogP) is 2.34. The van der Waals surface area contributed by atoms with Crippen LogP contribution < -0.4 is 10.6 Å². The Morgan fingerprint density at radius 3 is 2.85 bits per heavy atom. The first kappa shape index (κ1) is 15.9. The first-order valence-electron chi connectivity index (χ1n) is 7.57. The van der Waals surface area contributed by atoms with E-state index < -0.39 is 29.5 Å². The van der Waals surface area contributed by atoms with Gasteiger partial charge >= 0.3 is 0 Å². The van der Waals surface area contributed by atoms with Crippen LogP contribution in [0.1, 0.15) is 12.5 Å². The molecule has 0 aliphatic carbocycles. The number of nitrogens with zero attached hydrogens (tertiary/aromatic N) is 3. The molecule has 3 aromatic rings. The van der Waals surface area contributed by atoms with E-state index in [9.17, 15) is 18.4 Å². The van der Waals surface area contributed by atoms with Gasteiger partial charge in [0.2, 0.25) is 23.6 Å². The zero-order chi connectivity index (χ0) is 18.3. The molecule has 0 saturated carbocycles. The summed E-state index contributed by atoms with van der Waals surface area (Å²) in [7, 11) is 0. The number of rotatable bonds is 3. The van der Waals surface area contributed by atoms with E-state index in [-0.39, 0.29) is 23.9 Å². The van der Waals surface area contributed by atoms with Crippen molar-refractivity contribution in [2.75, 3.05) is 10.6 Å². The van der Waals surface area contributed by atoms with E-state index in [2.05, 4.69) is 20.8 Å². The molecule has 0 bridgehead atoms. The maximum Gasteiger partial charge on any atom is 0.248 e. The van der Waals surface area contributed by atoms with Crippen molar-refractivity contribution in [3.05, 3.63) is 48.2 Å². The van der Waals surface area contributed by atoms with Crippen molar-refractivity contribution < 1.29 is 22.8 Å². The molecule has 2 aromatic heterocycles. The van der Waals surface area contributed by atoms with Gasteiger partial charge in [0.05, 0.1) is 12.7 Å². The molecule has 2 amide bonds. The second-order valence-electron chi connectivity index (χ2n) is 5.58. The van der Waals surface area contributed by atoms with Crippen LogP contribution in [0.4, 0.5) is 20.4 Å². The number of fused-ring (bicyclic) bond motifs is 1. The minimum Gasteiger partial charge on any atom is -0.461 e. The van der Waals surface area contributed by atoms with Gasteiger partial charge in [0.1, 0.15) is 6.04 Å². The van der Waals surface area contributed by atoms with Crippen molar-refractivity contribution >= 4 is 23.5 Å². The summed E-state index contributed by atoms with van der Waals surface area (Å²) in [5.41, 5.74) is 0.0639. The average Bonchev–Trinajstić information content (AvgIpc) is 3.26. The first-order chi connectivity index (χ1) is 12.5. The van der Waals surface area contributed by atoms with E-state index in [1.54, 1.807) is 12.1 Å². The molecule has 10 heteroatoms. The fourth-order valence-corrected chi connectivity index (χ4v) is 2.70. The Bertz CT molecular complexity index is 999. The molecular weight excluding hydrogens is 348 g/mol. The van der Waals surface area contributed by atoms with Crippen LogP contribution in [0, 0.1) is 11.6 Å². The number of nitrogens with one attached hydrogen (secondary N) is 2. The molecule has 26 heavy (non-hydrogen) atoms. The number of aromatic nitrogens is 3. The third-order valence-corrected chi connectivity index (χ3v) is 3.87. The summed E-state index contributed by atoms with van der Waals surface area (Å²) in [5, 5.41) is 12.8. The molecule has 2 N–H and O–H groups in total. The lowest BCUT2D eigenvalue weighted by molar-refractivity contribution is -0.125. The number of carbonyl (C=O) groups excluding carboxylic acids is 2. The van der Waals surface area contributed by atoms with Crippen LogP contribution >= 0.6 is 0 Å². The summed E-state index contributed by atoms with van der Waals surface area (Å²) in [5.74, 6) is -2.41. The van der Waals surface area contributed by atoms with Crippen molar-refractivity contribution in [3.8, 4) is 11.6 Å². The summed E-state index contributed by atoms with van der Waals surface area (Å²) >= 11 is 0. The number of amides is 2. The number of furan rings is 1. The molecule has 0 saturated heterocycles. The number of hydrogen-bond donors (Lipinski definition) is 2. The van der Waals surface area contributed by atoms with Crippen LogP contribution in [-0.2, 0) is 9.59 Å². The van der Waals surface area contributed by atoms with Crippen molar-refractivity contribution in [1.82, 2.24) is 14.8 Å². The van der Waals surface area contributed by atoms with Gasteiger partial charge in [0.25, 0.3) is 0 Å². The lowest BCUT2D eigenvalue weighted by Gasteiger charge is -2.24. The topological polar surface area (TPSA) is 102 Å². The summed E-state index contributed by atoms with van der Waals surface area (Å²) in [6.45, 7) is 0. The summed E-state index contributed by atoms with van der Waals surface area (Å²) in [6, 6.07) is 5.28. The third kappa shape index (κ3) is 2.70. The van der Waals surface area contributed by atoms with E-state index in [1.807, 2.05) is 0 Å². The van der Waals surface area contributed by atoms with Crippen LogP contribution in [0.3, 0.4) is 0 Å². The van der Waals surface area contributed by atoms with E-state index in [4.69, 9.17) is 4.42 Å². The molecule has 1 unspecified atom stereocenters.